The fourth-order valence-corrected chi connectivity index (χ4v) is 2.44. The van der Waals surface area contributed by atoms with E-state index < -0.39 is 0 Å². The first-order valence-electron chi connectivity index (χ1n) is 9.73. The summed E-state index contributed by atoms with van der Waals surface area (Å²) in [7, 11) is 0. The summed E-state index contributed by atoms with van der Waals surface area (Å²) in [4.78, 5) is 8.85. The summed E-state index contributed by atoms with van der Waals surface area (Å²) in [6, 6.07) is 15.8. The molecule has 0 bridgehead atoms. The number of para-hydroxylation sites is 1. The average Bonchev–Trinajstić information content (AvgIpc) is 2.71. The van der Waals surface area contributed by atoms with Gasteiger partial charge in [-0.2, -0.15) is 0 Å². The van der Waals surface area contributed by atoms with Crippen molar-refractivity contribution in [3.63, 3.8) is 0 Å². The molecule has 0 aliphatic heterocycles. The first-order valence-corrected chi connectivity index (χ1v) is 9.73. The summed E-state index contributed by atoms with van der Waals surface area (Å²) in [5.41, 5.74) is 0. The number of nitrogens with one attached hydrogen (secondary N) is 3. The predicted octanol–water partition coefficient (Wildman–Crippen LogP) is 3.92. The highest BCUT2D eigenvalue weighted by Gasteiger charge is 1.98. The molecule has 2 aromatic rings. The van der Waals surface area contributed by atoms with Gasteiger partial charge >= 0.3 is 0 Å². The van der Waals surface area contributed by atoms with Crippen LogP contribution in [0.5, 0.6) is 5.75 Å². The number of aromatic nitrogens is 1. The molecule has 0 aliphatic rings. The van der Waals surface area contributed by atoms with Crippen LogP contribution in [0.15, 0.2) is 59.7 Å². The molecule has 1 aromatic carbocycles. The van der Waals surface area contributed by atoms with E-state index >= 15 is 0 Å². The third-order valence-electron chi connectivity index (χ3n) is 3.80. The van der Waals surface area contributed by atoms with Crippen molar-refractivity contribution < 1.29 is 4.74 Å². The van der Waals surface area contributed by atoms with E-state index in [4.69, 9.17) is 4.74 Å². The van der Waals surface area contributed by atoms with Crippen molar-refractivity contribution in [2.24, 2.45) is 4.99 Å². The van der Waals surface area contributed by atoms with Gasteiger partial charge in [-0.25, -0.2) is 4.98 Å². The number of halogens is 1. The molecule has 0 atom stereocenters. The zero-order valence-corrected chi connectivity index (χ0v) is 18.9. The lowest BCUT2D eigenvalue weighted by Crippen LogP contribution is -2.38. The standard InChI is InChI=1S/C21H31N5O.HI/c1-2-22-21(26-17-10-18-27-19-11-4-3-5-12-19)25-16-9-8-15-24-20-13-6-7-14-23-20;/h3-7,11-14H,2,8-10,15-18H2,1H3,(H,23,24)(H2,22,25,26);1H. The van der Waals surface area contributed by atoms with Crippen LogP contribution in [-0.4, -0.2) is 43.7 Å². The van der Waals surface area contributed by atoms with Gasteiger partial charge in [0.15, 0.2) is 5.96 Å². The van der Waals surface area contributed by atoms with Gasteiger partial charge in [0.05, 0.1) is 6.61 Å². The minimum absolute atomic E-state index is 0. The van der Waals surface area contributed by atoms with Crippen molar-refractivity contribution in [1.29, 1.82) is 0 Å². The molecule has 0 unspecified atom stereocenters. The largest absolute Gasteiger partial charge is 0.494 e. The molecule has 7 heteroatoms. The number of rotatable bonds is 12. The van der Waals surface area contributed by atoms with E-state index in [-0.39, 0.29) is 24.0 Å². The first-order chi connectivity index (χ1) is 13.4. The van der Waals surface area contributed by atoms with Crippen molar-refractivity contribution in [2.45, 2.75) is 26.2 Å². The first kappa shape index (κ1) is 24.0. The van der Waals surface area contributed by atoms with E-state index in [2.05, 4.69) is 32.9 Å². The lowest BCUT2D eigenvalue weighted by atomic mass is 10.3. The second-order valence-electron chi connectivity index (χ2n) is 6.05. The monoisotopic (exact) mass is 497 g/mol. The Balaban J connectivity index is 0.00000392. The van der Waals surface area contributed by atoms with Crippen molar-refractivity contribution in [1.82, 2.24) is 15.6 Å². The Labute approximate surface area is 185 Å². The van der Waals surface area contributed by atoms with Crippen molar-refractivity contribution in [3.8, 4) is 5.75 Å². The van der Waals surface area contributed by atoms with Crippen LogP contribution in [0.4, 0.5) is 5.82 Å². The minimum atomic E-state index is 0. The lowest BCUT2D eigenvalue weighted by molar-refractivity contribution is 0.313. The molecule has 0 saturated heterocycles. The molecule has 0 saturated carbocycles. The number of aliphatic imine (C=N–C) groups is 1. The van der Waals surface area contributed by atoms with Crippen LogP contribution in [0.3, 0.4) is 0 Å². The normalized spacial score (nSPS) is 10.7. The van der Waals surface area contributed by atoms with Crippen molar-refractivity contribution in [2.75, 3.05) is 38.1 Å². The quantitative estimate of drug-likeness (QED) is 0.180. The smallest absolute Gasteiger partial charge is 0.191 e. The zero-order valence-electron chi connectivity index (χ0n) is 16.6. The Morgan fingerprint density at radius 1 is 0.964 bits per heavy atom. The lowest BCUT2D eigenvalue weighted by Gasteiger charge is -2.11. The van der Waals surface area contributed by atoms with Gasteiger partial charge in [0, 0.05) is 38.8 Å². The van der Waals surface area contributed by atoms with Gasteiger partial charge in [-0.15, -0.1) is 24.0 Å². The van der Waals surface area contributed by atoms with Gasteiger partial charge in [-0.1, -0.05) is 24.3 Å². The second kappa shape index (κ2) is 16.0. The fourth-order valence-electron chi connectivity index (χ4n) is 2.44. The number of unbranched alkanes of at least 4 members (excludes halogenated alkanes) is 1. The summed E-state index contributed by atoms with van der Waals surface area (Å²) in [5.74, 6) is 2.71. The summed E-state index contributed by atoms with van der Waals surface area (Å²) in [6.07, 6.45) is 4.84. The van der Waals surface area contributed by atoms with E-state index in [1.165, 1.54) is 0 Å². The average molecular weight is 497 g/mol. The number of anilines is 1. The highest BCUT2D eigenvalue weighted by atomic mass is 127. The maximum absolute atomic E-state index is 5.69. The number of guanidine groups is 1. The molecule has 154 valence electrons. The van der Waals surface area contributed by atoms with Crippen molar-refractivity contribution in [3.05, 3.63) is 54.7 Å². The SMILES string of the molecule is CCNC(=NCCCOc1ccccc1)NCCCCNc1ccccn1.I. The molecule has 0 spiro atoms. The molecule has 0 radical (unpaired) electrons. The Morgan fingerprint density at radius 2 is 1.75 bits per heavy atom. The maximum atomic E-state index is 5.69. The molecule has 0 aliphatic carbocycles. The summed E-state index contributed by atoms with van der Waals surface area (Å²) < 4.78 is 5.69. The Hall–Kier alpha value is -2.03. The molecule has 2 rings (SSSR count). The highest BCUT2D eigenvalue weighted by Crippen LogP contribution is 2.08. The van der Waals surface area contributed by atoms with E-state index in [1.807, 2.05) is 48.5 Å². The fraction of sp³-hybridized carbons (Fsp3) is 0.429. The van der Waals surface area contributed by atoms with Gasteiger partial charge in [0.25, 0.3) is 0 Å². The van der Waals surface area contributed by atoms with Crippen LogP contribution in [0, 0.1) is 0 Å². The minimum Gasteiger partial charge on any atom is -0.494 e. The van der Waals surface area contributed by atoms with E-state index in [0.29, 0.717) is 6.61 Å². The van der Waals surface area contributed by atoms with Crippen LogP contribution < -0.4 is 20.7 Å². The number of pyridine rings is 1. The molecule has 0 amide bonds. The van der Waals surface area contributed by atoms with E-state index in [9.17, 15) is 0 Å². The van der Waals surface area contributed by atoms with Crippen LogP contribution in [0.2, 0.25) is 0 Å². The number of hydrogen-bond acceptors (Lipinski definition) is 4. The van der Waals surface area contributed by atoms with Crippen LogP contribution in [0.25, 0.3) is 0 Å². The molecule has 28 heavy (non-hydrogen) atoms. The number of benzene rings is 1. The van der Waals surface area contributed by atoms with Gasteiger partial charge in [0.1, 0.15) is 11.6 Å². The van der Waals surface area contributed by atoms with Gasteiger partial charge < -0.3 is 20.7 Å². The number of nitrogens with zero attached hydrogens (tertiary/aromatic N) is 2. The predicted molar refractivity (Wildman–Crippen MR) is 128 cm³/mol. The Morgan fingerprint density at radius 3 is 2.50 bits per heavy atom. The van der Waals surface area contributed by atoms with Crippen LogP contribution >= 0.6 is 24.0 Å². The van der Waals surface area contributed by atoms with Crippen molar-refractivity contribution >= 4 is 35.8 Å². The van der Waals surface area contributed by atoms with Crippen LogP contribution in [-0.2, 0) is 0 Å². The number of ether oxygens (including phenoxy) is 1. The summed E-state index contributed by atoms with van der Waals surface area (Å²) in [5, 5.41) is 9.98. The molecular formula is C21H32IN5O. The zero-order chi connectivity index (χ0) is 19.0. The van der Waals surface area contributed by atoms with E-state index in [1.54, 1.807) is 6.20 Å². The number of hydrogen-bond donors (Lipinski definition) is 3. The maximum Gasteiger partial charge on any atom is 0.191 e. The molecule has 0 fully saturated rings. The van der Waals surface area contributed by atoms with E-state index in [0.717, 1.165) is 63.0 Å². The third-order valence-corrected chi connectivity index (χ3v) is 3.80. The second-order valence-corrected chi connectivity index (χ2v) is 6.05. The molecule has 6 nitrogen and oxygen atoms in total. The summed E-state index contributed by atoms with van der Waals surface area (Å²) >= 11 is 0. The van der Waals surface area contributed by atoms with Crippen LogP contribution in [0.1, 0.15) is 26.2 Å². The Kier molecular flexibility index (Phi) is 13.7. The molecular weight excluding hydrogens is 465 g/mol. The summed E-state index contributed by atoms with van der Waals surface area (Å²) in [6.45, 7) is 6.16. The molecule has 1 heterocycles. The topological polar surface area (TPSA) is 70.6 Å². The van der Waals surface area contributed by atoms with Gasteiger partial charge in [-0.05, 0) is 44.0 Å². The third kappa shape index (κ3) is 11.0. The Bertz CT molecular complexity index is 640. The van der Waals surface area contributed by atoms with Gasteiger partial charge in [-0.3, -0.25) is 4.99 Å². The molecule has 1 aromatic heterocycles. The highest BCUT2D eigenvalue weighted by molar-refractivity contribution is 14.0. The molecule has 3 N–H and O–H groups in total. The van der Waals surface area contributed by atoms with Gasteiger partial charge in [0.2, 0.25) is 0 Å².